The molecule has 0 aliphatic heterocycles. The molecule has 84 valence electrons. The first kappa shape index (κ1) is 11.9. The van der Waals surface area contributed by atoms with Gasteiger partial charge in [-0.15, -0.1) is 0 Å². The van der Waals surface area contributed by atoms with Crippen molar-refractivity contribution in [2.24, 2.45) is 0 Å². The molecule has 0 aromatic carbocycles. The van der Waals surface area contributed by atoms with Gasteiger partial charge in [-0.05, 0) is 20.4 Å². The summed E-state index contributed by atoms with van der Waals surface area (Å²) in [6.45, 7) is 3.35. The van der Waals surface area contributed by atoms with E-state index in [4.69, 9.17) is 10.8 Å². The first-order valence-electron chi connectivity index (χ1n) is 5.01. The Morgan fingerprint density at radius 2 is 2.20 bits per heavy atom. The van der Waals surface area contributed by atoms with Crippen LogP contribution < -0.4 is 5.73 Å². The second-order valence-corrected chi connectivity index (χ2v) is 3.81. The molecule has 15 heavy (non-hydrogen) atoms. The molecule has 0 aliphatic carbocycles. The number of aromatic nitrogens is 2. The summed E-state index contributed by atoms with van der Waals surface area (Å²) in [5.41, 5.74) is 6.32. The van der Waals surface area contributed by atoms with Gasteiger partial charge in [-0.1, -0.05) is 0 Å². The van der Waals surface area contributed by atoms with E-state index in [1.54, 1.807) is 19.3 Å². The van der Waals surface area contributed by atoms with Crippen molar-refractivity contribution in [3.8, 4) is 0 Å². The van der Waals surface area contributed by atoms with Crippen LogP contribution in [0.4, 0.5) is 5.82 Å². The minimum atomic E-state index is -0.259. The highest BCUT2D eigenvalue weighted by Crippen LogP contribution is 2.01. The van der Waals surface area contributed by atoms with Crippen LogP contribution in [0.1, 0.15) is 19.0 Å². The molecule has 1 aromatic heterocycles. The fourth-order valence-electron chi connectivity index (χ4n) is 1.21. The summed E-state index contributed by atoms with van der Waals surface area (Å²) in [6, 6.07) is 0. The van der Waals surface area contributed by atoms with Gasteiger partial charge in [0.05, 0.1) is 24.2 Å². The molecule has 0 fully saturated rings. The number of hydrogen-bond acceptors (Lipinski definition) is 5. The summed E-state index contributed by atoms with van der Waals surface area (Å²) in [4.78, 5) is 10.2. The smallest absolute Gasteiger partial charge is 0.141 e. The summed E-state index contributed by atoms with van der Waals surface area (Å²) >= 11 is 0. The van der Waals surface area contributed by atoms with Crippen molar-refractivity contribution in [3.63, 3.8) is 0 Å². The fraction of sp³-hybridized carbons (Fsp3) is 0.600. The van der Waals surface area contributed by atoms with Gasteiger partial charge < -0.3 is 15.7 Å². The monoisotopic (exact) mass is 210 g/mol. The van der Waals surface area contributed by atoms with Gasteiger partial charge in [-0.25, -0.2) is 4.98 Å². The lowest BCUT2D eigenvalue weighted by atomic mass is 10.2. The molecule has 0 amide bonds. The fourth-order valence-corrected chi connectivity index (χ4v) is 1.21. The summed E-state index contributed by atoms with van der Waals surface area (Å²) in [7, 11) is 1.99. The maximum absolute atomic E-state index is 9.13. The van der Waals surface area contributed by atoms with Gasteiger partial charge in [0.2, 0.25) is 0 Å². The van der Waals surface area contributed by atoms with Crippen LogP contribution in [0.5, 0.6) is 0 Å². The van der Waals surface area contributed by atoms with Crippen molar-refractivity contribution < 1.29 is 5.11 Å². The van der Waals surface area contributed by atoms with Gasteiger partial charge in [0.25, 0.3) is 0 Å². The Morgan fingerprint density at radius 1 is 1.47 bits per heavy atom. The van der Waals surface area contributed by atoms with E-state index in [1.165, 1.54) is 0 Å². The second kappa shape index (κ2) is 5.63. The molecule has 0 saturated carbocycles. The number of nitrogens with two attached hydrogens (primary N) is 1. The number of rotatable bonds is 5. The molecule has 0 spiro atoms. The summed E-state index contributed by atoms with van der Waals surface area (Å²) in [5.74, 6) is 0.436. The van der Waals surface area contributed by atoms with Crippen LogP contribution in [0.15, 0.2) is 12.4 Å². The van der Waals surface area contributed by atoms with E-state index in [2.05, 4.69) is 14.9 Å². The lowest BCUT2D eigenvalue weighted by Gasteiger charge is -2.16. The average Bonchev–Trinajstić information content (AvgIpc) is 2.19. The molecule has 5 heteroatoms. The lowest BCUT2D eigenvalue weighted by molar-refractivity contribution is 0.162. The largest absolute Gasteiger partial charge is 0.393 e. The minimum absolute atomic E-state index is 0.259. The zero-order valence-electron chi connectivity index (χ0n) is 9.22. The van der Waals surface area contributed by atoms with Crippen molar-refractivity contribution >= 4 is 5.82 Å². The van der Waals surface area contributed by atoms with E-state index in [1.807, 2.05) is 7.05 Å². The molecule has 0 aliphatic rings. The third kappa shape index (κ3) is 4.71. The van der Waals surface area contributed by atoms with E-state index in [0.717, 1.165) is 25.2 Å². The molecule has 3 N–H and O–H groups in total. The molecular formula is C10H18N4O. The van der Waals surface area contributed by atoms with Gasteiger partial charge in [-0.2, -0.15) is 0 Å². The van der Waals surface area contributed by atoms with E-state index in [-0.39, 0.29) is 6.10 Å². The van der Waals surface area contributed by atoms with Gasteiger partial charge in [0.15, 0.2) is 0 Å². The van der Waals surface area contributed by atoms with Crippen molar-refractivity contribution in [1.82, 2.24) is 14.9 Å². The zero-order chi connectivity index (χ0) is 11.3. The Morgan fingerprint density at radius 3 is 2.73 bits per heavy atom. The molecule has 5 nitrogen and oxygen atoms in total. The molecule has 0 radical (unpaired) electrons. The lowest BCUT2D eigenvalue weighted by Crippen LogP contribution is -2.22. The molecule has 0 saturated heterocycles. The normalized spacial score (nSPS) is 13.1. The summed E-state index contributed by atoms with van der Waals surface area (Å²) in [6.07, 6.45) is 3.73. The predicted molar refractivity (Wildman–Crippen MR) is 59.1 cm³/mol. The van der Waals surface area contributed by atoms with Gasteiger partial charge >= 0.3 is 0 Å². The van der Waals surface area contributed by atoms with Crippen molar-refractivity contribution in [1.29, 1.82) is 0 Å². The highest BCUT2D eigenvalue weighted by atomic mass is 16.3. The topological polar surface area (TPSA) is 75.3 Å². The number of nitrogen functional groups attached to an aromatic ring is 1. The predicted octanol–water partition coefficient (Wildman–Crippen LogP) is 0.261. The van der Waals surface area contributed by atoms with Crippen LogP contribution in [0.3, 0.4) is 0 Å². The Hall–Kier alpha value is -1.20. The molecule has 1 aromatic rings. The Balaban J connectivity index is 2.37. The molecule has 1 atom stereocenters. The highest BCUT2D eigenvalue weighted by Gasteiger charge is 2.03. The summed E-state index contributed by atoms with van der Waals surface area (Å²) in [5, 5.41) is 9.13. The molecule has 0 bridgehead atoms. The number of hydrogen-bond donors (Lipinski definition) is 2. The molecular weight excluding hydrogens is 192 g/mol. The van der Waals surface area contributed by atoms with Crippen LogP contribution in [0, 0.1) is 0 Å². The molecule has 1 heterocycles. The maximum atomic E-state index is 9.13. The number of anilines is 1. The van der Waals surface area contributed by atoms with Crippen LogP contribution >= 0.6 is 0 Å². The van der Waals surface area contributed by atoms with Crippen LogP contribution in [-0.2, 0) is 6.54 Å². The maximum Gasteiger partial charge on any atom is 0.141 e. The van der Waals surface area contributed by atoms with Crippen LogP contribution in [0.2, 0.25) is 0 Å². The van der Waals surface area contributed by atoms with Gasteiger partial charge in [0, 0.05) is 13.1 Å². The first-order chi connectivity index (χ1) is 7.08. The standard InChI is InChI=1S/C10H18N4O/c1-8(15)3-4-14(2)7-9-5-13-10(11)6-12-9/h5-6,8,15H,3-4,7H2,1-2H3,(H2,11,13). The number of aliphatic hydroxyl groups is 1. The van der Waals surface area contributed by atoms with E-state index in [0.29, 0.717) is 5.82 Å². The van der Waals surface area contributed by atoms with E-state index < -0.39 is 0 Å². The second-order valence-electron chi connectivity index (χ2n) is 3.81. The average molecular weight is 210 g/mol. The minimum Gasteiger partial charge on any atom is -0.393 e. The Kier molecular flexibility index (Phi) is 4.45. The summed E-state index contributed by atoms with van der Waals surface area (Å²) < 4.78 is 0. The Bertz CT molecular complexity index is 286. The van der Waals surface area contributed by atoms with E-state index in [9.17, 15) is 0 Å². The number of nitrogens with zero attached hydrogens (tertiary/aromatic N) is 3. The third-order valence-electron chi connectivity index (χ3n) is 2.09. The Labute approximate surface area is 90.0 Å². The number of aliphatic hydroxyl groups excluding tert-OH is 1. The first-order valence-corrected chi connectivity index (χ1v) is 5.01. The SMILES string of the molecule is CC(O)CCN(C)Cc1cnc(N)cn1. The van der Waals surface area contributed by atoms with Crippen LogP contribution in [-0.4, -0.2) is 39.7 Å². The van der Waals surface area contributed by atoms with Crippen molar-refractivity contribution in [2.45, 2.75) is 26.0 Å². The zero-order valence-corrected chi connectivity index (χ0v) is 9.22. The van der Waals surface area contributed by atoms with Crippen molar-refractivity contribution in [3.05, 3.63) is 18.1 Å². The molecule has 1 rings (SSSR count). The highest BCUT2D eigenvalue weighted by molar-refractivity contribution is 5.22. The molecule has 1 unspecified atom stereocenters. The van der Waals surface area contributed by atoms with Gasteiger partial charge in [0.1, 0.15) is 5.82 Å². The van der Waals surface area contributed by atoms with Crippen LogP contribution in [0.25, 0.3) is 0 Å². The van der Waals surface area contributed by atoms with E-state index >= 15 is 0 Å². The van der Waals surface area contributed by atoms with Gasteiger partial charge in [-0.3, -0.25) is 4.98 Å². The van der Waals surface area contributed by atoms with Crippen molar-refractivity contribution in [2.75, 3.05) is 19.3 Å². The third-order valence-corrected chi connectivity index (χ3v) is 2.09. The quantitative estimate of drug-likeness (QED) is 0.729.